The summed E-state index contributed by atoms with van der Waals surface area (Å²) in [5.74, 6) is 0.517. The van der Waals surface area contributed by atoms with Crippen LogP contribution in [-0.2, 0) is 11.2 Å². The molecule has 2 aromatic carbocycles. The lowest BCUT2D eigenvalue weighted by Crippen LogP contribution is -2.20. The Labute approximate surface area is 171 Å². The molecule has 0 radical (unpaired) electrons. The zero-order chi connectivity index (χ0) is 19.4. The molecule has 0 aliphatic rings. The highest BCUT2D eigenvalue weighted by Gasteiger charge is 2.14. The quantitative estimate of drug-likeness (QED) is 0.524. The van der Waals surface area contributed by atoms with Gasteiger partial charge in [0.05, 0.1) is 5.69 Å². The maximum atomic E-state index is 12.3. The number of nitrogens with zero attached hydrogens (tertiary/aromatic N) is 1. The summed E-state index contributed by atoms with van der Waals surface area (Å²) in [6.45, 7) is 6.01. The fourth-order valence-corrected chi connectivity index (χ4v) is 3.84. The van der Waals surface area contributed by atoms with Gasteiger partial charge in [-0.05, 0) is 49.6 Å². The number of thiazole rings is 1. The summed E-state index contributed by atoms with van der Waals surface area (Å²) in [4.78, 5) is 18.1. The van der Waals surface area contributed by atoms with Crippen LogP contribution in [0.1, 0.15) is 22.9 Å². The molecular formula is C21H21BrN2O2S. The van der Waals surface area contributed by atoms with Crippen molar-refractivity contribution >= 4 is 38.3 Å². The molecule has 1 N–H and O–H groups in total. The van der Waals surface area contributed by atoms with Crippen molar-refractivity contribution in [2.75, 3.05) is 11.9 Å². The number of nitrogens with one attached hydrogen (secondary N) is 1. The number of rotatable bonds is 6. The molecule has 27 heavy (non-hydrogen) atoms. The van der Waals surface area contributed by atoms with Crippen molar-refractivity contribution in [3.63, 3.8) is 0 Å². The predicted octanol–water partition coefficient (Wildman–Crippen LogP) is 5.77. The third kappa shape index (κ3) is 4.96. The van der Waals surface area contributed by atoms with Crippen molar-refractivity contribution in [2.45, 2.75) is 27.2 Å². The van der Waals surface area contributed by atoms with E-state index in [4.69, 9.17) is 4.74 Å². The lowest BCUT2D eigenvalue weighted by Gasteiger charge is -2.09. The number of hydrogen-bond donors (Lipinski definition) is 1. The second kappa shape index (κ2) is 8.67. The van der Waals surface area contributed by atoms with Gasteiger partial charge in [0.25, 0.3) is 5.91 Å². The summed E-state index contributed by atoms with van der Waals surface area (Å²) in [5, 5.41) is 3.45. The molecule has 0 saturated carbocycles. The lowest BCUT2D eigenvalue weighted by atomic mass is 10.1. The zero-order valence-corrected chi connectivity index (χ0v) is 17.9. The van der Waals surface area contributed by atoms with Crippen molar-refractivity contribution in [3.8, 4) is 17.0 Å². The molecule has 0 aliphatic carbocycles. The first-order chi connectivity index (χ1) is 13.0. The van der Waals surface area contributed by atoms with Crippen molar-refractivity contribution < 1.29 is 9.53 Å². The molecule has 0 saturated heterocycles. The van der Waals surface area contributed by atoms with Crippen molar-refractivity contribution in [2.24, 2.45) is 0 Å². The molecule has 0 spiro atoms. The summed E-state index contributed by atoms with van der Waals surface area (Å²) in [5.41, 5.74) is 4.07. The summed E-state index contributed by atoms with van der Waals surface area (Å²) in [6.07, 6.45) is 0.859. The van der Waals surface area contributed by atoms with Gasteiger partial charge < -0.3 is 4.74 Å². The number of anilines is 1. The Morgan fingerprint density at radius 3 is 2.63 bits per heavy atom. The fraction of sp³-hybridized carbons (Fsp3) is 0.238. The highest BCUT2D eigenvalue weighted by molar-refractivity contribution is 9.10. The van der Waals surface area contributed by atoms with Gasteiger partial charge in [0.1, 0.15) is 5.75 Å². The molecule has 3 aromatic rings. The highest BCUT2D eigenvalue weighted by Crippen LogP contribution is 2.32. The molecule has 140 valence electrons. The van der Waals surface area contributed by atoms with Crippen LogP contribution in [0.3, 0.4) is 0 Å². The number of benzene rings is 2. The Kier molecular flexibility index (Phi) is 6.29. The molecule has 0 fully saturated rings. The van der Waals surface area contributed by atoms with Gasteiger partial charge in [-0.25, -0.2) is 4.98 Å². The molecule has 1 heterocycles. The molecule has 0 bridgehead atoms. The van der Waals surface area contributed by atoms with E-state index in [1.54, 1.807) is 0 Å². The molecule has 4 nitrogen and oxygen atoms in total. The van der Waals surface area contributed by atoms with E-state index in [0.29, 0.717) is 5.13 Å². The van der Waals surface area contributed by atoms with Crippen molar-refractivity contribution in [1.29, 1.82) is 0 Å². The van der Waals surface area contributed by atoms with Crippen LogP contribution in [0, 0.1) is 13.8 Å². The molecule has 6 heteroatoms. The summed E-state index contributed by atoms with van der Waals surface area (Å²) in [6, 6.07) is 14.0. The Hall–Kier alpha value is -2.18. The topological polar surface area (TPSA) is 51.2 Å². The van der Waals surface area contributed by atoms with E-state index in [0.717, 1.165) is 43.9 Å². The standard InChI is InChI=1S/C21H21BrN2O2S/c1-4-18-20(15-7-9-16(22)10-8-15)24-21(27-18)23-19(25)12-26-17-11-13(2)5-6-14(17)3/h5-11H,4,12H2,1-3H3,(H,23,24,25). The van der Waals surface area contributed by atoms with E-state index < -0.39 is 0 Å². The van der Waals surface area contributed by atoms with Crippen LogP contribution >= 0.6 is 27.3 Å². The molecule has 1 aromatic heterocycles. The normalized spacial score (nSPS) is 10.7. The van der Waals surface area contributed by atoms with E-state index in [1.807, 2.05) is 56.3 Å². The Bertz CT molecular complexity index is 951. The van der Waals surface area contributed by atoms with Crippen LogP contribution in [0.25, 0.3) is 11.3 Å². The minimum atomic E-state index is -0.213. The summed E-state index contributed by atoms with van der Waals surface area (Å²) < 4.78 is 6.70. The molecule has 1 amide bonds. The fourth-order valence-electron chi connectivity index (χ4n) is 2.64. The van der Waals surface area contributed by atoms with Gasteiger partial charge in [-0.15, -0.1) is 11.3 Å². The average molecular weight is 445 g/mol. The SMILES string of the molecule is CCc1sc(NC(=O)COc2cc(C)ccc2C)nc1-c1ccc(Br)cc1. The number of carbonyl (C=O) groups excluding carboxylic acids is 1. The largest absolute Gasteiger partial charge is 0.483 e. The van der Waals surface area contributed by atoms with Crippen LogP contribution in [0.15, 0.2) is 46.9 Å². The molecular weight excluding hydrogens is 424 g/mol. The predicted molar refractivity (Wildman–Crippen MR) is 115 cm³/mol. The van der Waals surface area contributed by atoms with E-state index in [1.165, 1.54) is 11.3 Å². The van der Waals surface area contributed by atoms with Gasteiger partial charge in [0.2, 0.25) is 0 Å². The van der Waals surface area contributed by atoms with Crippen LogP contribution in [0.2, 0.25) is 0 Å². The number of hydrogen-bond acceptors (Lipinski definition) is 4. The number of aromatic nitrogens is 1. The van der Waals surface area contributed by atoms with E-state index in [2.05, 4.69) is 33.2 Å². The van der Waals surface area contributed by atoms with E-state index in [-0.39, 0.29) is 12.5 Å². The van der Waals surface area contributed by atoms with Crippen molar-refractivity contribution in [1.82, 2.24) is 4.98 Å². The monoisotopic (exact) mass is 444 g/mol. The van der Waals surface area contributed by atoms with Gasteiger partial charge in [-0.3, -0.25) is 10.1 Å². The van der Waals surface area contributed by atoms with Gasteiger partial charge in [0.15, 0.2) is 11.7 Å². The number of halogens is 1. The molecule has 0 aliphatic heterocycles. The minimum Gasteiger partial charge on any atom is -0.483 e. The third-order valence-electron chi connectivity index (χ3n) is 4.08. The Morgan fingerprint density at radius 2 is 1.93 bits per heavy atom. The number of carbonyl (C=O) groups is 1. The number of amides is 1. The first kappa shape index (κ1) is 19.6. The highest BCUT2D eigenvalue weighted by atomic mass is 79.9. The van der Waals surface area contributed by atoms with E-state index in [9.17, 15) is 4.79 Å². The van der Waals surface area contributed by atoms with Gasteiger partial charge in [-0.1, -0.05) is 47.1 Å². The lowest BCUT2D eigenvalue weighted by molar-refractivity contribution is -0.118. The van der Waals surface area contributed by atoms with Crippen LogP contribution in [0.4, 0.5) is 5.13 Å². The summed E-state index contributed by atoms with van der Waals surface area (Å²) in [7, 11) is 0. The third-order valence-corrected chi connectivity index (χ3v) is 5.73. The van der Waals surface area contributed by atoms with Crippen molar-refractivity contribution in [3.05, 3.63) is 62.9 Å². The molecule has 3 rings (SSSR count). The maximum Gasteiger partial charge on any atom is 0.264 e. The van der Waals surface area contributed by atoms with Crippen LogP contribution in [-0.4, -0.2) is 17.5 Å². The first-order valence-corrected chi connectivity index (χ1v) is 10.3. The van der Waals surface area contributed by atoms with E-state index >= 15 is 0 Å². The Morgan fingerprint density at radius 1 is 1.19 bits per heavy atom. The maximum absolute atomic E-state index is 12.3. The number of ether oxygens (including phenoxy) is 1. The smallest absolute Gasteiger partial charge is 0.264 e. The zero-order valence-electron chi connectivity index (χ0n) is 15.5. The number of aryl methyl sites for hydroxylation is 3. The van der Waals surface area contributed by atoms with Crippen LogP contribution < -0.4 is 10.1 Å². The summed E-state index contributed by atoms with van der Waals surface area (Å²) >= 11 is 4.95. The first-order valence-electron chi connectivity index (χ1n) is 8.71. The molecule has 0 unspecified atom stereocenters. The van der Waals surface area contributed by atoms with Gasteiger partial charge >= 0.3 is 0 Å². The average Bonchev–Trinajstić information content (AvgIpc) is 3.06. The van der Waals surface area contributed by atoms with Gasteiger partial charge in [0, 0.05) is 14.9 Å². The Balaban J connectivity index is 1.69. The minimum absolute atomic E-state index is 0.0427. The van der Waals surface area contributed by atoms with Gasteiger partial charge in [-0.2, -0.15) is 0 Å². The second-order valence-electron chi connectivity index (χ2n) is 6.26. The van der Waals surface area contributed by atoms with Crippen LogP contribution in [0.5, 0.6) is 5.75 Å². The second-order valence-corrected chi connectivity index (χ2v) is 8.26. The molecule has 0 atom stereocenters.